The van der Waals surface area contributed by atoms with Gasteiger partial charge in [-0.3, -0.25) is 4.79 Å². The molecule has 9 atom stereocenters. The fourth-order valence-electron chi connectivity index (χ4n) is 9.62. The van der Waals surface area contributed by atoms with E-state index in [2.05, 4.69) is 54.2 Å². The van der Waals surface area contributed by atoms with Gasteiger partial charge >= 0.3 is 5.97 Å². The van der Waals surface area contributed by atoms with Crippen LogP contribution in [-0.2, 0) is 9.53 Å². The van der Waals surface area contributed by atoms with Crippen LogP contribution in [0.15, 0.2) is 23.8 Å². The highest BCUT2D eigenvalue weighted by atomic mass is 16.5. The fourth-order valence-corrected chi connectivity index (χ4v) is 9.62. The molecular formula is C32H52O2. The molecule has 2 heteroatoms. The van der Waals surface area contributed by atoms with Gasteiger partial charge in [-0.15, -0.1) is 0 Å². The summed E-state index contributed by atoms with van der Waals surface area (Å²) in [4.78, 5) is 11.6. The number of fused-ring (bicyclic) bond motifs is 5. The van der Waals surface area contributed by atoms with Crippen LogP contribution in [0.1, 0.15) is 119 Å². The minimum absolute atomic E-state index is 0.109. The van der Waals surface area contributed by atoms with Crippen LogP contribution in [0.4, 0.5) is 0 Å². The normalized spacial score (nSPS) is 43.1. The Bertz CT molecular complexity index is 825. The van der Waals surface area contributed by atoms with Crippen molar-refractivity contribution in [3.05, 3.63) is 23.8 Å². The predicted molar refractivity (Wildman–Crippen MR) is 142 cm³/mol. The molecule has 4 rings (SSSR count). The molecular weight excluding hydrogens is 416 g/mol. The summed E-state index contributed by atoms with van der Waals surface area (Å²) in [6.07, 6.45) is 16.7. The molecule has 4 aliphatic rings. The van der Waals surface area contributed by atoms with Crippen molar-refractivity contribution < 1.29 is 9.53 Å². The maximum atomic E-state index is 11.6. The Morgan fingerprint density at radius 1 is 1.09 bits per heavy atom. The summed E-state index contributed by atoms with van der Waals surface area (Å²) in [6.45, 7) is 20.8. The molecule has 0 bridgehead atoms. The summed E-state index contributed by atoms with van der Waals surface area (Å²) in [5, 5.41) is 0. The zero-order valence-corrected chi connectivity index (χ0v) is 23.3. The zero-order valence-electron chi connectivity index (χ0n) is 23.3. The summed E-state index contributed by atoms with van der Waals surface area (Å²) >= 11 is 0. The van der Waals surface area contributed by atoms with Crippen LogP contribution >= 0.6 is 0 Å². The van der Waals surface area contributed by atoms with Gasteiger partial charge < -0.3 is 4.74 Å². The van der Waals surface area contributed by atoms with Gasteiger partial charge in [0.25, 0.3) is 0 Å². The molecule has 0 saturated heterocycles. The lowest BCUT2D eigenvalue weighted by Crippen LogP contribution is -2.53. The minimum Gasteiger partial charge on any atom is -0.463 e. The van der Waals surface area contributed by atoms with Crippen LogP contribution in [0.25, 0.3) is 0 Å². The van der Waals surface area contributed by atoms with E-state index in [0.29, 0.717) is 28.1 Å². The lowest BCUT2D eigenvalue weighted by molar-refractivity contribution is -0.151. The van der Waals surface area contributed by atoms with Crippen LogP contribution in [0.3, 0.4) is 0 Å². The summed E-state index contributed by atoms with van der Waals surface area (Å²) in [5.74, 6) is 3.63. The zero-order chi connectivity index (χ0) is 24.9. The molecule has 0 unspecified atom stereocenters. The molecule has 3 fully saturated rings. The third-order valence-electron chi connectivity index (χ3n) is 12.1. The maximum Gasteiger partial charge on any atom is 0.302 e. The largest absolute Gasteiger partial charge is 0.463 e. The minimum atomic E-state index is -0.109. The van der Waals surface area contributed by atoms with Gasteiger partial charge in [0.1, 0.15) is 6.10 Å². The first-order valence-corrected chi connectivity index (χ1v) is 14.5. The molecule has 0 aliphatic heterocycles. The molecule has 0 aromatic heterocycles. The van der Waals surface area contributed by atoms with E-state index in [-0.39, 0.29) is 12.1 Å². The van der Waals surface area contributed by atoms with Crippen molar-refractivity contribution in [3.63, 3.8) is 0 Å². The second kappa shape index (κ2) is 9.44. The van der Waals surface area contributed by atoms with E-state index in [0.717, 1.165) is 30.6 Å². The Kier molecular flexibility index (Phi) is 7.22. The molecule has 0 spiro atoms. The molecule has 0 aromatic rings. The third-order valence-corrected chi connectivity index (χ3v) is 12.1. The van der Waals surface area contributed by atoms with Crippen molar-refractivity contribution in [3.8, 4) is 0 Å². The number of rotatable bonds is 7. The molecule has 192 valence electrons. The van der Waals surface area contributed by atoms with Crippen molar-refractivity contribution in [2.24, 2.45) is 45.8 Å². The highest BCUT2D eigenvalue weighted by molar-refractivity contribution is 5.66. The number of hydrogen-bond acceptors (Lipinski definition) is 2. The fraction of sp³-hybridized carbons (Fsp3) is 0.844. The molecule has 0 amide bonds. The highest BCUT2D eigenvalue weighted by Crippen LogP contribution is 2.72. The van der Waals surface area contributed by atoms with Crippen molar-refractivity contribution >= 4 is 5.97 Å². The number of ether oxygens (including phenoxy) is 1. The van der Waals surface area contributed by atoms with Crippen LogP contribution in [0, 0.1) is 45.8 Å². The Hall–Kier alpha value is -1.05. The predicted octanol–water partition coefficient (Wildman–Crippen LogP) is 8.91. The van der Waals surface area contributed by atoms with Gasteiger partial charge in [0.2, 0.25) is 0 Å². The Morgan fingerprint density at radius 3 is 2.47 bits per heavy atom. The van der Waals surface area contributed by atoms with E-state index in [9.17, 15) is 4.79 Å². The van der Waals surface area contributed by atoms with E-state index >= 15 is 0 Å². The van der Waals surface area contributed by atoms with E-state index in [1.807, 2.05) is 0 Å². The van der Waals surface area contributed by atoms with Crippen LogP contribution < -0.4 is 0 Å². The van der Waals surface area contributed by atoms with Gasteiger partial charge in [-0.05, 0) is 123 Å². The lowest BCUT2D eigenvalue weighted by Gasteiger charge is -2.61. The number of hydrogen-bond donors (Lipinski definition) is 0. The number of carbonyl (C=O) groups is 1. The first-order valence-electron chi connectivity index (χ1n) is 14.5. The Balaban J connectivity index is 1.53. The van der Waals surface area contributed by atoms with E-state index < -0.39 is 0 Å². The van der Waals surface area contributed by atoms with Gasteiger partial charge in [0, 0.05) is 6.92 Å². The molecule has 0 aromatic carbocycles. The highest BCUT2D eigenvalue weighted by Gasteiger charge is 2.63. The van der Waals surface area contributed by atoms with Crippen molar-refractivity contribution in [1.82, 2.24) is 0 Å². The molecule has 0 heterocycles. The maximum absolute atomic E-state index is 11.6. The van der Waals surface area contributed by atoms with Crippen molar-refractivity contribution in [2.45, 2.75) is 125 Å². The number of carbonyl (C=O) groups excluding carboxylic acids is 1. The van der Waals surface area contributed by atoms with E-state index in [4.69, 9.17) is 4.74 Å². The standard InChI is InChI=1S/C32H52O2/c1-9-24(21(2)3)11-10-22(4)27-15-18-32(8)29-13-12-25-20-26(34-23(5)33)14-17-30(25,6)28(29)16-19-31(27,32)7/h16,22,24-27,29H,2,9-15,17-20H2,1,3-8H3/t22-,24+,25+,26+,27-,29-,30+,31-,32+/m1/s1. The molecule has 3 saturated carbocycles. The summed E-state index contributed by atoms with van der Waals surface area (Å²) < 4.78 is 5.67. The van der Waals surface area contributed by atoms with Gasteiger partial charge in [-0.1, -0.05) is 58.4 Å². The monoisotopic (exact) mass is 468 g/mol. The smallest absolute Gasteiger partial charge is 0.302 e. The molecule has 4 aliphatic carbocycles. The van der Waals surface area contributed by atoms with Gasteiger partial charge in [0.05, 0.1) is 0 Å². The summed E-state index contributed by atoms with van der Waals surface area (Å²) in [5.41, 5.74) is 4.32. The molecule has 0 radical (unpaired) electrons. The van der Waals surface area contributed by atoms with Crippen LogP contribution in [0.5, 0.6) is 0 Å². The SMILES string of the molecule is C=C(C)[C@@H](CC)CC[C@@H](C)[C@H]1CC[C@@]2(C)[C@@H]3CC[C@H]4C[C@@H](OC(C)=O)CC[C@]4(C)C3=CC[C@]12C. The third kappa shape index (κ3) is 4.13. The average Bonchev–Trinajstić information content (AvgIpc) is 3.05. The first-order chi connectivity index (χ1) is 16.0. The molecule has 2 nitrogen and oxygen atoms in total. The van der Waals surface area contributed by atoms with E-state index in [1.165, 1.54) is 63.4 Å². The lowest BCUT2D eigenvalue weighted by atomic mass is 9.44. The second-order valence-electron chi connectivity index (χ2n) is 13.6. The van der Waals surface area contributed by atoms with Crippen LogP contribution in [0.2, 0.25) is 0 Å². The molecule has 0 N–H and O–H groups in total. The van der Waals surface area contributed by atoms with E-state index in [1.54, 1.807) is 12.5 Å². The van der Waals surface area contributed by atoms with Crippen molar-refractivity contribution in [1.29, 1.82) is 0 Å². The van der Waals surface area contributed by atoms with Gasteiger partial charge in [0.15, 0.2) is 0 Å². The number of esters is 1. The quantitative estimate of drug-likeness (QED) is 0.275. The second-order valence-corrected chi connectivity index (χ2v) is 13.6. The Labute approximate surface area is 210 Å². The number of allylic oxidation sites excluding steroid dienone is 3. The van der Waals surface area contributed by atoms with Crippen molar-refractivity contribution in [2.75, 3.05) is 0 Å². The topological polar surface area (TPSA) is 26.3 Å². The van der Waals surface area contributed by atoms with Gasteiger partial charge in [-0.25, -0.2) is 0 Å². The summed E-state index contributed by atoms with van der Waals surface area (Å²) in [7, 11) is 0. The Morgan fingerprint density at radius 2 is 1.82 bits per heavy atom. The first kappa shape index (κ1) is 26.0. The average molecular weight is 469 g/mol. The summed E-state index contributed by atoms with van der Waals surface area (Å²) in [6, 6.07) is 0. The van der Waals surface area contributed by atoms with Crippen LogP contribution in [-0.4, -0.2) is 12.1 Å². The molecule has 34 heavy (non-hydrogen) atoms. The van der Waals surface area contributed by atoms with Gasteiger partial charge in [-0.2, -0.15) is 0 Å².